The average molecular weight is 258 g/mol. The van der Waals surface area contributed by atoms with Gasteiger partial charge in [-0.2, -0.15) is 11.8 Å². The first-order chi connectivity index (χ1) is 8.25. The van der Waals surface area contributed by atoms with Crippen molar-refractivity contribution in [3.05, 3.63) is 0 Å². The van der Waals surface area contributed by atoms with Gasteiger partial charge in [-0.1, -0.05) is 0 Å². The topological polar surface area (TPSA) is 24.5 Å². The average Bonchev–Trinajstić information content (AvgIpc) is 2.38. The van der Waals surface area contributed by atoms with E-state index in [2.05, 4.69) is 35.8 Å². The van der Waals surface area contributed by atoms with Crippen molar-refractivity contribution in [3.63, 3.8) is 0 Å². The van der Waals surface area contributed by atoms with Gasteiger partial charge >= 0.3 is 0 Å². The van der Waals surface area contributed by atoms with Crippen LogP contribution in [0.15, 0.2) is 0 Å². The molecule has 0 amide bonds. The Hall–Kier alpha value is 0.230. The van der Waals surface area contributed by atoms with Gasteiger partial charge in [0, 0.05) is 31.7 Å². The second kappa shape index (κ2) is 6.98. The molecule has 1 unspecified atom stereocenters. The third kappa shape index (κ3) is 4.43. The zero-order valence-corrected chi connectivity index (χ0v) is 12.0. The van der Waals surface area contributed by atoms with Gasteiger partial charge in [-0.3, -0.25) is 4.90 Å². The van der Waals surface area contributed by atoms with Crippen molar-refractivity contribution in [1.29, 1.82) is 0 Å². The number of thioether (sulfide) groups is 1. The number of hydrogen-bond acceptors (Lipinski definition) is 4. The number of nitrogens with one attached hydrogen (secondary N) is 1. The van der Waals surface area contributed by atoms with Crippen molar-refractivity contribution in [2.75, 3.05) is 37.7 Å². The predicted octanol–water partition coefficient (Wildman–Crippen LogP) is 1.58. The molecule has 0 aromatic rings. The van der Waals surface area contributed by atoms with Crippen LogP contribution < -0.4 is 5.32 Å². The van der Waals surface area contributed by atoms with Crippen molar-refractivity contribution in [2.45, 2.75) is 44.9 Å². The number of morpholine rings is 1. The molecule has 0 aliphatic carbocycles. The molecule has 1 atom stereocenters. The summed E-state index contributed by atoms with van der Waals surface area (Å²) in [5, 5.41) is 3.69. The van der Waals surface area contributed by atoms with Crippen LogP contribution in [0, 0.1) is 0 Å². The molecule has 1 N–H and O–H groups in total. The number of rotatable bonds is 4. The summed E-state index contributed by atoms with van der Waals surface area (Å²) in [7, 11) is 0. The Morgan fingerprint density at radius 1 is 1.35 bits per heavy atom. The molecule has 4 heteroatoms. The Balaban J connectivity index is 1.67. The summed E-state index contributed by atoms with van der Waals surface area (Å²) in [5.41, 5.74) is 0. The van der Waals surface area contributed by atoms with Gasteiger partial charge in [-0.15, -0.1) is 0 Å². The molecule has 2 saturated heterocycles. The fraction of sp³-hybridized carbons (Fsp3) is 1.00. The first kappa shape index (κ1) is 13.7. The van der Waals surface area contributed by atoms with Crippen LogP contribution in [0.3, 0.4) is 0 Å². The highest BCUT2D eigenvalue weighted by Gasteiger charge is 2.23. The third-order valence-corrected chi connectivity index (χ3v) is 4.80. The molecule has 100 valence electrons. The lowest BCUT2D eigenvalue weighted by atomic mass is 10.1. The van der Waals surface area contributed by atoms with Crippen LogP contribution in [0.25, 0.3) is 0 Å². The minimum atomic E-state index is 0.390. The molecular formula is C13H26N2OS. The van der Waals surface area contributed by atoms with Gasteiger partial charge in [-0.25, -0.2) is 0 Å². The molecular weight excluding hydrogens is 232 g/mol. The normalized spacial score (nSPS) is 28.8. The summed E-state index contributed by atoms with van der Waals surface area (Å²) in [6, 6.07) is 1.38. The Labute approximate surface area is 110 Å². The van der Waals surface area contributed by atoms with Crippen molar-refractivity contribution in [1.82, 2.24) is 10.2 Å². The Morgan fingerprint density at radius 3 is 2.82 bits per heavy atom. The van der Waals surface area contributed by atoms with E-state index in [1.807, 2.05) is 0 Å². The van der Waals surface area contributed by atoms with E-state index >= 15 is 0 Å². The molecule has 2 fully saturated rings. The molecule has 0 saturated carbocycles. The van der Waals surface area contributed by atoms with Gasteiger partial charge < -0.3 is 10.1 Å². The predicted molar refractivity (Wildman–Crippen MR) is 74.8 cm³/mol. The Bertz CT molecular complexity index is 219. The molecule has 2 rings (SSSR count). The van der Waals surface area contributed by atoms with Gasteiger partial charge in [0.2, 0.25) is 0 Å². The standard InChI is InChI=1S/C13H26N2OS/c1-11(2)15-5-6-16-13(10-15)9-14-12-3-7-17-8-4-12/h11-14H,3-10H2,1-2H3. The monoisotopic (exact) mass is 258 g/mol. The van der Waals surface area contributed by atoms with Crippen LogP contribution in [0.4, 0.5) is 0 Å². The zero-order valence-electron chi connectivity index (χ0n) is 11.2. The minimum absolute atomic E-state index is 0.390. The summed E-state index contributed by atoms with van der Waals surface area (Å²) in [6.07, 6.45) is 3.04. The van der Waals surface area contributed by atoms with E-state index < -0.39 is 0 Å². The number of hydrogen-bond donors (Lipinski definition) is 1. The maximum atomic E-state index is 5.84. The second-order valence-corrected chi connectivity index (χ2v) is 6.60. The lowest BCUT2D eigenvalue weighted by Gasteiger charge is -2.36. The van der Waals surface area contributed by atoms with E-state index in [1.54, 1.807) is 0 Å². The maximum Gasteiger partial charge on any atom is 0.0826 e. The van der Waals surface area contributed by atoms with E-state index in [4.69, 9.17) is 4.74 Å². The lowest BCUT2D eigenvalue weighted by Crippen LogP contribution is -2.50. The van der Waals surface area contributed by atoms with E-state index in [9.17, 15) is 0 Å². The summed E-state index contributed by atoms with van der Waals surface area (Å²) >= 11 is 2.08. The van der Waals surface area contributed by atoms with Crippen LogP contribution in [-0.4, -0.2) is 60.8 Å². The van der Waals surface area contributed by atoms with Crippen LogP contribution in [0.5, 0.6) is 0 Å². The quantitative estimate of drug-likeness (QED) is 0.827. The van der Waals surface area contributed by atoms with Crippen LogP contribution in [0.2, 0.25) is 0 Å². The maximum absolute atomic E-state index is 5.84. The molecule has 0 radical (unpaired) electrons. The fourth-order valence-corrected chi connectivity index (χ4v) is 3.64. The molecule has 2 aliphatic heterocycles. The lowest BCUT2D eigenvalue weighted by molar-refractivity contribution is -0.0382. The van der Waals surface area contributed by atoms with Crippen molar-refractivity contribution < 1.29 is 4.74 Å². The van der Waals surface area contributed by atoms with Crippen LogP contribution >= 0.6 is 11.8 Å². The minimum Gasteiger partial charge on any atom is -0.374 e. The van der Waals surface area contributed by atoms with Crippen molar-refractivity contribution >= 4 is 11.8 Å². The first-order valence-corrected chi connectivity index (χ1v) is 8.08. The smallest absolute Gasteiger partial charge is 0.0826 e. The molecule has 2 heterocycles. The van der Waals surface area contributed by atoms with E-state index in [1.165, 1.54) is 24.3 Å². The third-order valence-electron chi connectivity index (χ3n) is 3.76. The van der Waals surface area contributed by atoms with Crippen LogP contribution in [0.1, 0.15) is 26.7 Å². The van der Waals surface area contributed by atoms with Gasteiger partial charge in [0.15, 0.2) is 0 Å². The molecule has 2 aliphatic rings. The Kier molecular flexibility index (Phi) is 5.60. The molecule has 0 bridgehead atoms. The molecule has 0 aromatic carbocycles. The largest absolute Gasteiger partial charge is 0.374 e. The highest BCUT2D eigenvalue weighted by Crippen LogP contribution is 2.17. The SMILES string of the molecule is CC(C)N1CCOC(CNC2CCSCC2)C1. The highest BCUT2D eigenvalue weighted by atomic mass is 32.2. The van der Waals surface area contributed by atoms with Crippen LogP contribution in [-0.2, 0) is 4.74 Å². The summed E-state index contributed by atoms with van der Waals surface area (Å²) in [4.78, 5) is 2.52. The summed E-state index contributed by atoms with van der Waals surface area (Å²) in [6.45, 7) is 8.65. The van der Waals surface area contributed by atoms with Crippen molar-refractivity contribution in [3.8, 4) is 0 Å². The van der Waals surface area contributed by atoms with Crippen molar-refractivity contribution in [2.24, 2.45) is 0 Å². The second-order valence-electron chi connectivity index (χ2n) is 5.38. The molecule has 0 aromatic heterocycles. The van der Waals surface area contributed by atoms with E-state index in [-0.39, 0.29) is 0 Å². The summed E-state index contributed by atoms with van der Waals surface area (Å²) < 4.78 is 5.84. The zero-order chi connectivity index (χ0) is 12.1. The van der Waals surface area contributed by atoms with Gasteiger partial charge in [0.05, 0.1) is 12.7 Å². The molecule has 0 spiro atoms. The summed E-state index contributed by atoms with van der Waals surface area (Å²) in [5.74, 6) is 2.64. The fourth-order valence-electron chi connectivity index (χ4n) is 2.53. The molecule has 3 nitrogen and oxygen atoms in total. The van der Waals surface area contributed by atoms with Gasteiger partial charge in [-0.05, 0) is 38.2 Å². The number of nitrogens with zero attached hydrogens (tertiary/aromatic N) is 1. The first-order valence-electron chi connectivity index (χ1n) is 6.92. The number of ether oxygens (including phenoxy) is 1. The van der Waals surface area contributed by atoms with E-state index in [0.717, 1.165) is 32.3 Å². The van der Waals surface area contributed by atoms with Gasteiger partial charge in [0.1, 0.15) is 0 Å². The van der Waals surface area contributed by atoms with E-state index in [0.29, 0.717) is 12.1 Å². The van der Waals surface area contributed by atoms with Gasteiger partial charge in [0.25, 0.3) is 0 Å². The Morgan fingerprint density at radius 2 is 2.12 bits per heavy atom. The highest BCUT2D eigenvalue weighted by molar-refractivity contribution is 7.99. The molecule has 17 heavy (non-hydrogen) atoms.